The van der Waals surface area contributed by atoms with Crippen LogP contribution in [0.25, 0.3) is 6.08 Å². The second-order valence-electron chi connectivity index (χ2n) is 8.55. The van der Waals surface area contributed by atoms with Crippen LogP contribution in [0.4, 0.5) is 17.1 Å². The SMILES string of the molecule is COc1ccc(/C=C2\N=C(S[C@H](C)C(=O)Nc3cc([N+](=O)[O-])ccc3OC)N(c3ccc(Cl)c(OC)c3)C2=O)cc1. The molecule has 0 aromatic heterocycles. The molecule has 2 amide bonds. The quantitative estimate of drug-likeness (QED) is 0.187. The summed E-state index contributed by atoms with van der Waals surface area (Å²) in [6, 6.07) is 15.9. The molecule has 3 aromatic rings. The lowest BCUT2D eigenvalue weighted by atomic mass is 10.2. The minimum absolute atomic E-state index is 0.142. The molecule has 11 nitrogen and oxygen atoms in total. The first kappa shape index (κ1) is 29.4. The molecule has 212 valence electrons. The van der Waals surface area contributed by atoms with Crippen LogP contribution in [0.1, 0.15) is 12.5 Å². The highest BCUT2D eigenvalue weighted by molar-refractivity contribution is 8.15. The van der Waals surface area contributed by atoms with Crippen LogP contribution in [0, 0.1) is 10.1 Å². The van der Waals surface area contributed by atoms with Crippen LogP contribution in [0.5, 0.6) is 17.2 Å². The van der Waals surface area contributed by atoms with Gasteiger partial charge in [-0.15, -0.1) is 0 Å². The molecule has 0 unspecified atom stereocenters. The highest BCUT2D eigenvalue weighted by atomic mass is 35.5. The fraction of sp³-hybridized carbons (Fsp3) is 0.179. The van der Waals surface area contributed by atoms with E-state index >= 15 is 0 Å². The molecule has 1 atom stereocenters. The molecule has 1 aliphatic heterocycles. The molecular formula is C28H25ClN4O7S. The number of amidine groups is 1. The first-order valence-electron chi connectivity index (χ1n) is 12.1. The number of halogens is 1. The lowest BCUT2D eigenvalue weighted by Crippen LogP contribution is -2.33. The van der Waals surface area contributed by atoms with Crippen molar-refractivity contribution in [3.8, 4) is 17.2 Å². The minimum Gasteiger partial charge on any atom is -0.497 e. The molecule has 0 saturated heterocycles. The van der Waals surface area contributed by atoms with Crippen molar-refractivity contribution >= 4 is 63.5 Å². The number of nitro groups is 1. The number of anilines is 2. The molecule has 0 aliphatic carbocycles. The van der Waals surface area contributed by atoms with E-state index in [2.05, 4.69) is 10.3 Å². The number of carbonyl (C=O) groups is 2. The van der Waals surface area contributed by atoms with Crippen LogP contribution in [0.3, 0.4) is 0 Å². The van der Waals surface area contributed by atoms with E-state index in [0.717, 1.165) is 17.3 Å². The van der Waals surface area contributed by atoms with Crippen molar-refractivity contribution in [3.63, 3.8) is 0 Å². The van der Waals surface area contributed by atoms with E-state index in [1.54, 1.807) is 62.6 Å². The summed E-state index contributed by atoms with van der Waals surface area (Å²) in [7, 11) is 4.42. The zero-order valence-corrected chi connectivity index (χ0v) is 24.0. The number of carbonyl (C=O) groups excluding carboxylic acids is 2. The summed E-state index contributed by atoms with van der Waals surface area (Å²) in [6.07, 6.45) is 1.63. The van der Waals surface area contributed by atoms with Gasteiger partial charge in [0.25, 0.3) is 11.6 Å². The number of hydrogen-bond donors (Lipinski definition) is 1. The Morgan fingerprint density at radius 3 is 2.39 bits per heavy atom. The summed E-state index contributed by atoms with van der Waals surface area (Å²) in [5.41, 5.74) is 1.25. The zero-order chi connectivity index (χ0) is 29.7. The average Bonchev–Trinajstić information content (AvgIpc) is 3.27. The highest BCUT2D eigenvalue weighted by Crippen LogP contribution is 2.36. The van der Waals surface area contributed by atoms with Gasteiger partial charge in [0.1, 0.15) is 22.9 Å². The summed E-state index contributed by atoms with van der Waals surface area (Å²) in [5.74, 6) is 0.386. The number of aliphatic imine (C=N–C) groups is 1. The normalized spacial score (nSPS) is 14.5. The van der Waals surface area contributed by atoms with Crippen molar-refractivity contribution in [2.45, 2.75) is 12.2 Å². The third kappa shape index (κ3) is 6.61. The van der Waals surface area contributed by atoms with Gasteiger partial charge in [-0.1, -0.05) is 35.5 Å². The first-order valence-corrected chi connectivity index (χ1v) is 13.3. The second-order valence-corrected chi connectivity index (χ2v) is 10.3. The fourth-order valence-corrected chi connectivity index (χ4v) is 4.92. The summed E-state index contributed by atoms with van der Waals surface area (Å²) >= 11 is 7.24. The topological polar surface area (TPSA) is 133 Å². The molecule has 13 heteroatoms. The van der Waals surface area contributed by atoms with E-state index in [4.69, 9.17) is 25.8 Å². The maximum Gasteiger partial charge on any atom is 0.283 e. The van der Waals surface area contributed by atoms with Crippen molar-refractivity contribution in [2.24, 2.45) is 4.99 Å². The molecule has 0 radical (unpaired) electrons. The van der Waals surface area contributed by atoms with E-state index in [9.17, 15) is 19.7 Å². The summed E-state index contributed by atoms with van der Waals surface area (Å²) in [4.78, 5) is 43.4. The molecule has 41 heavy (non-hydrogen) atoms. The van der Waals surface area contributed by atoms with E-state index < -0.39 is 22.0 Å². The molecule has 3 aromatic carbocycles. The molecule has 0 fully saturated rings. The van der Waals surface area contributed by atoms with Gasteiger partial charge in [-0.05, 0) is 48.9 Å². The smallest absolute Gasteiger partial charge is 0.283 e. The van der Waals surface area contributed by atoms with Crippen LogP contribution in [-0.2, 0) is 9.59 Å². The Labute approximate surface area is 244 Å². The van der Waals surface area contributed by atoms with E-state index in [1.807, 2.05) is 0 Å². The molecule has 4 rings (SSSR count). The van der Waals surface area contributed by atoms with Gasteiger partial charge in [-0.25, -0.2) is 4.99 Å². The summed E-state index contributed by atoms with van der Waals surface area (Å²) < 4.78 is 15.8. The molecular weight excluding hydrogens is 572 g/mol. The van der Waals surface area contributed by atoms with Gasteiger partial charge < -0.3 is 19.5 Å². The Morgan fingerprint density at radius 1 is 1.05 bits per heavy atom. The van der Waals surface area contributed by atoms with Crippen LogP contribution in [0.15, 0.2) is 71.4 Å². The maximum absolute atomic E-state index is 13.6. The third-order valence-electron chi connectivity index (χ3n) is 5.94. The first-order chi connectivity index (χ1) is 19.6. The van der Waals surface area contributed by atoms with Crippen molar-refractivity contribution in [1.29, 1.82) is 0 Å². The van der Waals surface area contributed by atoms with Crippen LogP contribution in [0.2, 0.25) is 5.02 Å². The Kier molecular flexibility index (Phi) is 9.15. The number of non-ortho nitro benzene ring substituents is 1. The predicted octanol–water partition coefficient (Wildman–Crippen LogP) is 5.78. The molecule has 0 bridgehead atoms. The van der Waals surface area contributed by atoms with Crippen molar-refractivity contribution in [3.05, 3.63) is 87.1 Å². The molecule has 1 aliphatic rings. The highest BCUT2D eigenvalue weighted by Gasteiger charge is 2.35. The van der Waals surface area contributed by atoms with Gasteiger partial charge in [0, 0.05) is 18.2 Å². The number of rotatable bonds is 9. The van der Waals surface area contributed by atoms with Crippen LogP contribution >= 0.6 is 23.4 Å². The monoisotopic (exact) mass is 596 g/mol. The predicted molar refractivity (Wildman–Crippen MR) is 159 cm³/mol. The molecule has 1 N–H and O–H groups in total. The molecule has 0 saturated carbocycles. The van der Waals surface area contributed by atoms with Gasteiger partial charge in [0.2, 0.25) is 5.91 Å². The second kappa shape index (κ2) is 12.7. The Balaban J connectivity index is 1.65. The lowest BCUT2D eigenvalue weighted by molar-refractivity contribution is -0.384. The number of ether oxygens (including phenoxy) is 3. The minimum atomic E-state index is -0.775. The number of nitro benzene ring substituents is 1. The Bertz CT molecular complexity index is 1560. The zero-order valence-electron chi connectivity index (χ0n) is 22.4. The number of nitrogens with one attached hydrogen (secondary N) is 1. The summed E-state index contributed by atoms with van der Waals surface area (Å²) in [6.45, 7) is 1.63. The van der Waals surface area contributed by atoms with Gasteiger partial charge >= 0.3 is 0 Å². The van der Waals surface area contributed by atoms with Gasteiger partial charge in [0.15, 0.2) is 5.17 Å². The van der Waals surface area contributed by atoms with Gasteiger partial charge in [-0.2, -0.15) is 0 Å². The number of benzene rings is 3. The van der Waals surface area contributed by atoms with Crippen molar-refractivity contribution < 1.29 is 28.7 Å². The Hall–Kier alpha value is -4.55. The number of amides is 2. The van der Waals surface area contributed by atoms with Gasteiger partial charge in [0.05, 0.1) is 47.9 Å². The van der Waals surface area contributed by atoms with Gasteiger partial charge in [-0.3, -0.25) is 24.6 Å². The number of thioether (sulfide) groups is 1. The largest absolute Gasteiger partial charge is 0.497 e. The van der Waals surface area contributed by atoms with Crippen molar-refractivity contribution in [1.82, 2.24) is 0 Å². The van der Waals surface area contributed by atoms with E-state index in [1.165, 1.54) is 37.3 Å². The van der Waals surface area contributed by atoms with E-state index in [-0.39, 0.29) is 28.0 Å². The van der Waals surface area contributed by atoms with Crippen LogP contribution < -0.4 is 24.4 Å². The van der Waals surface area contributed by atoms with Crippen molar-refractivity contribution in [2.75, 3.05) is 31.5 Å². The standard InChI is InChI=1S/C28H25ClN4O7S/c1-16(26(34)30-22-14-19(33(36)37)8-12-24(22)39-3)41-28-31-23(13-17-5-9-20(38-2)10-6-17)27(35)32(28)18-7-11-21(29)25(15-18)40-4/h5-16H,1-4H3,(H,30,34)/b23-13-/t16-/m1/s1. The fourth-order valence-electron chi connectivity index (χ4n) is 3.80. The van der Waals surface area contributed by atoms with E-state index in [0.29, 0.717) is 22.2 Å². The molecule has 0 spiro atoms. The number of hydrogen-bond acceptors (Lipinski definition) is 9. The third-order valence-corrected chi connectivity index (χ3v) is 7.31. The number of nitrogens with zero attached hydrogens (tertiary/aromatic N) is 3. The summed E-state index contributed by atoms with van der Waals surface area (Å²) in [5, 5.41) is 13.7. The Morgan fingerprint density at radius 2 is 1.76 bits per heavy atom. The van der Waals surface area contributed by atoms with Crippen LogP contribution in [-0.4, -0.2) is 48.5 Å². The average molecular weight is 597 g/mol. The molecule has 1 heterocycles. The number of methoxy groups -OCH3 is 3. The lowest BCUT2D eigenvalue weighted by Gasteiger charge is -2.21. The maximum atomic E-state index is 13.6.